The number of alkyl halides is 2. The van der Waals surface area contributed by atoms with Gasteiger partial charge in [-0.15, -0.1) is 0 Å². The molecule has 0 fully saturated rings. The van der Waals surface area contributed by atoms with E-state index in [0.717, 1.165) is 12.5 Å². The number of benzene rings is 2. The van der Waals surface area contributed by atoms with Crippen LogP contribution in [0.3, 0.4) is 0 Å². The van der Waals surface area contributed by atoms with E-state index in [9.17, 15) is 23.5 Å². The highest BCUT2D eigenvalue weighted by Gasteiger charge is 2.20. The quantitative estimate of drug-likeness (QED) is 0.237. The number of nitrogens with zero attached hydrogens (tertiary/aromatic N) is 1. The molecule has 0 aliphatic heterocycles. The van der Waals surface area contributed by atoms with Crippen molar-refractivity contribution < 1.29 is 33.0 Å². The number of unbranched alkanes of at least 4 members (excludes halogenated alkanes) is 2. The second-order valence-electron chi connectivity index (χ2n) is 8.78. The molecule has 7 nitrogen and oxygen atoms in total. The second-order valence-corrected chi connectivity index (χ2v) is 9.22. The van der Waals surface area contributed by atoms with Crippen LogP contribution in [0, 0.1) is 0 Å². The molecule has 0 heterocycles. The molecule has 0 saturated heterocycles. The van der Waals surface area contributed by atoms with Gasteiger partial charge < -0.3 is 24.8 Å². The third-order valence-corrected chi connectivity index (χ3v) is 5.80. The summed E-state index contributed by atoms with van der Waals surface area (Å²) >= 11 is 5.90. The first-order valence-electron chi connectivity index (χ1n) is 12.3. The molecule has 1 atom stereocenters. The number of hydrogen-bond acceptors (Lipinski definition) is 4. The largest absolute Gasteiger partial charge is 0.492 e. The summed E-state index contributed by atoms with van der Waals surface area (Å²) in [5.74, 6) is -3.12. The van der Waals surface area contributed by atoms with Crippen LogP contribution < -0.4 is 10.1 Å². The molecule has 1 unspecified atom stereocenters. The number of carboxylic acid groups (broad SMARTS) is 1. The highest BCUT2D eigenvalue weighted by atomic mass is 35.5. The molecule has 2 aromatic rings. The molecule has 0 bridgehead atoms. The van der Waals surface area contributed by atoms with Crippen molar-refractivity contribution in [1.29, 1.82) is 0 Å². The minimum Gasteiger partial charge on any atom is -0.492 e. The molecule has 2 aromatic carbocycles. The first-order chi connectivity index (χ1) is 17.6. The molecule has 10 heteroatoms. The first kappa shape index (κ1) is 30.3. The highest BCUT2D eigenvalue weighted by Crippen LogP contribution is 2.21. The maximum absolute atomic E-state index is 13.1. The fourth-order valence-corrected chi connectivity index (χ4v) is 3.72. The number of urea groups is 1. The Morgan fingerprint density at radius 1 is 1.05 bits per heavy atom. The predicted octanol–water partition coefficient (Wildman–Crippen LogP) is 6.50. The van der Waals surface area contributed by atoms with Crippen molar-refractivity contribution in [3.8, 4) is 5.75 Å². The van der Waals surface area contributed by atoms with Crippen molar-refractivity contribution in [3.63, 3.8) is 0 Å². The van der Waals surface area contributed by atoms with Gasteiger partial charge in [0.25, 0.3) is 0 Å². The molecule has 0 saturated carbocycles. The molecule has 0 aromatic heterocycles. The van der Waals surface area contributed by atoms with Gasteiger partial charge in [-0.2, -0.15) is 0 Å². The average molecular weight is 541 g/mol. The predicted molar refractivity (Wildman–Crippen MR) is 140 cm³/mol. The maximum atomic E-state index is 13.1. The lowest BCUT2D eigenvalue weighted by molar-refractivity contribution is -0.149. The fraction of sp³-hybridized carbons (Fsp3) is 0.481. The number of halogens is 3. The zero-order valence-corrected chi connectivity index (χ0v) is 22.0. The van der Waals surface area contributed by atoms with Crippen molar-refractivity contribution >= 4 is 29.3 Å². The first-order valence-corrected chi connectivity index (χ1v) is 12.7. The lowest BCUT2D eigenvalue weighted by Gasteiger charge is -2.23. The number of amides is 2. The van der Waals surface area contributed by atoms with Crippen LogP contribution in [-0.2, 0) is 16.0 Å². The molecular weight excluding hydrogens is 506 g/mol. The van der Waals surface area contributed by atoms with Gasteiger partial charge in [0, 0.05) is 36.7 Å². The number of rotatable bonds is 16. The smallest absolute Gasteiger partial charge is 0.333 e. The van der Waals surface area contributed by atoms with Gasteiger partial charge >= 0.3 is 12.0 Å². The lowest BCUT2D eigenvalue weighted by atomic mass is 10.1. The summed E-state index contributed by atoms with van der Waals surface area (Å²) in [6.45, 7) is 3.87. The van der Waals surface area contributed by atoms with Crippen LogP contribution in [0.25, 0.3) is 0 Å². The van der Waals surface area contributed by atoms with Crippen molar-refractivity contribution in [2.45, 2.75) is 58.0 Å². The van der Waals surface area contributed by atoms with E-state index in [1.807, 2.05) is 0 Å². The van der Waals surface area contributed by atoms with Crippen LogP contribution in [0.15, 0.2) is 48.5 Å². The number of carbonyl (C=O) groups excluding carboxylic acids is 1. The van der Waals surface area contributed by atoms with Crippen molar-refractivity contribution in [1.82, 2.24) is 4.90 Å². The van der Waals surface area contributed by atoms with E-state index in [1.165, 1.54) is 0 Å². The Morgan fingerprint density at radius 2 is 1.73 bits per heavy atom. The number of anilines is 1. The molecule has 0 aliphatic rings. The van der Waals surface area contributed by atoms with Gasteiger partial charge in [-0.25, -0.2) is 18.4 Å². The Balaban J connectivity index is 1.90. The van der Waals surface area contributed by atoms with E-state index in [4.69, 9.17) is 21.1 Å². The summed E-state index contributed by atoms with van der Waals surface area (Å²) in [6, 6.07) is 13.4. The molecular formula is C27H35ClF2N2O5. The summed E-state index contributed by atoms with van der Waals surface area (Å²) in [6.07, 6.45) is 0.699. The summed E-state index contributed by atoms with van der Waals surface area (Å²) in [7, 11) is 0. The number of hydrogen-bond donors (Lipinski definition) is 2. The van der Waals surface area contributed by atoms with E-state index in [0.29, 0.717) is 48.9 Å². The van der Waals surface area contributed by atoms with Gasteiger partial charge in [-0.3, -0.25) is 0 Å². The molecule has 0 aliphatic carbocycles. The van der Waals surface area contributed by atoms with Gasteiger partial charge in [0.1, 0.15) is 12.4 Å². The number of aliphatic carboxylic acids is 1. The normalized spacial score (nSPS) is 12.1. The molecule has 2 N–H and O–H groups in total. The Bertz CT molecular complexity index is 968. The number of ether oxygens (including phenoxy) is 2. The zero-order chi connectivity index (χ0) is 27.3. The van der Waals surface area contributed by atoms with Crippen LogP contribution >= 0.6 is 11.6 Å². The zero-order valence-electron chi connectivity index (χ0n) is 21.2. The minimum atomic E-state index is -2.69. The van der Waals surface area contributed by atoms with Gasteiger partial charge in [0.05, 0.1) is 6.54 Å². The number of carboxylic acids is 1. The van der Waals surface area contributed by atoms with Gasteiger partial charge in [0.2, 0.25) is 5.92 Å². The van der Waals surface area contributed by atoms with Crippen molar-refractivity contribution in [2.75, 3.05) is 31.6 Å². The van der Waals surface area contributed by atoms with Crippen molar-refractivity contribution in [2.24, 2.45) is 0 Å². The standard InChI is InChI=1S/C27H35ClF2N2O5/c1-3-36-24(25(33)34)19-20-7-13-23(14-8-20)37-18-17-32(16-6-4-5-15-27(2,29)30)26(35)31-22-11-9-21(28)10-12-22/h7-14,24H,3-6,15-19H2,1-2H3,(H,31,35)(H,33,34). The van der Waals surface area contributed by atoms with E-state index >= 15 is 0 Å². The molecule has 0 radical (unpaired) electrons. The summed E-state index contributed by atoms with van der Waals surface area (Å²) in [4.78, 5) is 25.7. The molecule has 37 heavy (non-hydrogen) atoms. The number of nitrogens with one attached hydrogen (secondary N) is 1. The lowest BCUT2D eigenvalue weighted by Crippen LogP contribution is -2.38. The third-order valence-electron chi connectivity index (χ3n) is 5.54. The van der Waals surface area contributed by atoms with E-state index in [-0.39, 0.29) is 32.0 Å². The van der Waals surface area contributed by atoms with Crippen LogP contribution in [0.5, 0.6) is 5.75 Å². The molecule has 204 valence electrons. The van der Waals surface area contributed by atoms with E-state index in [2.05, 4.69) is 5.32 Å². The fourth-order valence-electron chi connectivity index (χ4n) is 3.59. The Hall–Kier alpha value is -2.91. The SMILES string of the molecule is CCOC(Cc1ccc(OCCN(CCCCCC(C)(F)F)C(=O)Nc2ccc(Cl)cc2)cc1)C(=O)O. The topological polar surface area (TPSA) is 88.1 Å². The monoisotopic (exact) mass is 540 g/mol. The minimum absolute atomic E-state index is 0.180. The molecule has 2 rings (SSSR count). The summed E-state index contributed by atoms with van der Waals surface area (Å²) in [5, 5.41) is 12.6. The van der Waals surface area contributed by atoms with Crippen LogP contribution in [0.1, 0.15) is 45.1 Å². The average Bonchev–Trinajstić information content (AvgIpc) is 2.84. The summed E-state index contributed by atoms with van der Waals surface area (Å²) < 4.78 is 37.2. The molecule has 2 amide bonds. The van der Waals surface area contributed by atoms with Gasteiger partial charge in [0.15, 0.2) is 6.10 Å². The maximum Gasteiger partial charge on any atom is 0.333 e. The summed E-state index contributed by atoms with van der Waals surface area (Å²) in [5.41, 5.74) is 1.39. The Morgan fingerprint density at radius 3 is 2.32 bits per heavy atom. The molecule has 0 spiro atoms. The Kier molecular flexibility index (Phi) is 12.6. The van der Waals surface area contributed by atoms with Gasteiger partial charge in [-0.05, 0) is 68.7 Å². The second kappa shape index (κ2) is 15.4. The van der Waals surface area contributed by atoms with Crippen LogP contribution in [0.2, 0.25) is 5.02 Å². The van der Waals surface area contributed by atoms with E-state index < -0.39 is 18.0 Å². The van der Waals surface area contributed by atoms with Crippen LogP contribution in [0.4, 0.5) is 19.3 Å². The highest BCUT2D eigenvalue weighted by molar-refractivity contribution is 6.30. The van der Waals surface area contributed by atoms with Crippen LogP contribution in [-0.4, -0.2) is 60.3 Å². The van der Waals surface area contributed by atoms with Gasteiger partial charge in [-0.1, -0.05) is 30.2 Å². The number of carbonyl (C=O) groups is 2. The van der Waals surface area contributed by atoms with Crippen molar-refractivity contribution in [3.05, 3.63) is 59.1 Å². The Labute approximate surface area is 221 Å². The third kappa shape index (κ3) is 12.3. The van der Waals surface area contributed by atoms with E-state index in [1.54, 1.807) is 60.4 Å².